The van der Waals surface area contributed by atoms with Gasteiger partial charge < -0.3 is 0 Å². The van der Waals surface area contributed by atoms with Crippen molar-refractivity contribution in [3.63, 3.8) is 0 Å². The van der Waals surface area contributed by atoms with Crippen LogP contribution in [0.15, 0.2) is 11.2 Å². The van der Waals surface area contributed by atoms with Crippen molar-refractivity contribution in [2.24, 2.45) is 7.05 Å². The maximum Gasteiger partial charge on any atom is 0.320 e. The monoisotopic (exact) mass is 173 g/mol. The summed E-state index contributed by atoms with van der Waals surface area (Å²) in [6.45, 7) is 0. The van der Waals surface area contributed by atoms with Crippen molar-refractivity contribution >= 4 is 17.4 Å². The summed E-state index contributed by atoms with van der Waals surface area (Å²) in [7, 11) is 1.68. The summed E-state index contributed by atoms with van der Waals surface area (Å²) in [6.07, 6.45) is 3.04. The summed E-state index contributed by atoms with van der Waals surface area (Å²) in [4.78, 5) is 9.90. The lowest BCUT2D eigenvalue weighted by molar-refractivity contribution is -0.387. The third-order valence-electron chi connectivity index (χ3n) is 1.26. The molecule has 1 aromatic heterocycles. The highest BCUT2D eigenvalue weighted by Crippen LogP contribution is 2.25. The molecule has 0 aliphatic heterocycles. The van der Waals surface area contributed by atoms with Gasteiger partial charge in [0.05, 0.1) is 4.92 Å². The minimum absolute atomic E-state index is 0.0694. The third-order valence-corrected chi connectivity index (χ3v) is 2.12. The standard InChI is InChI=1S/C5H7N3O2S/c1-7-5(11-2)4(3-6-7)8(9)10/h3H,1-2H3. The summed E-state index contributed by atoms with van der Waals surface area (Å²) < 4.78 is 1.49. The molecule has 0 saturated carbocycles. The lowest BCUT2D eigenvalue weighted by atomic mass is 10.6. The first-order chi connectivity index (χ1) is 5.16. The molecular formula is C5H7N3O2S. The Balaban J connectivity index is 3.15. The van der Waals surface area contributed by atoms with Crippen molar-refractivity contribution in [1.82, 2.24) is 9.78 Å². The molecule has 0 aromatic carbocycles. The van der Waals surface area contributed by atoms with E-state index in [-0.39, 0.29) is 5.69 Å². The normalized spacial score (nSPS) is 10.0. The third kappa shape index (κ3) is 1.35. The number of nitrogens with zero attached hydrogens (tertiary/aromatic N) is 3. The van der Waals surface area contributed by atoms with E-state index in [0.29, 0.717) is 5.03 Å². The first-order valence-corrected chi connectivity index (χ1v) is 4.09. The molecule has 0 saturated heterocycles. The fraction of sp³-hybridized carbons (Fsp3) is 0.400. The molecule has 0 radical (unpaired) electrons. The lowest BCUT2D eigenvalue weighted by Crippen LogP contribution is -1.93. The van der Waals surface area contributed by atoms with Gasteiger partial charge >= 0.3 is 5.69 Å². The van der Waals surface area contributed by atoms with Crippen LogP contribution in [0.3, 0.4) is 0 Å². The van der Waals surface area contributed by atoms with Crippen LogP contribution in [-0.2, 0) is 7.05 Å². The van der Waals surface area contributed by atoms with Gasteiger partial charge in [-0.05, 0) is 6.26 Å². The maximum atomic E-state index is 10.3. The van der Waals surface area contributed by atoms with E-state index in [9.17, 15) is 10.1 Å². The molecule has 0 fully saturated rings. The highest BCUT2D eigenvalue weighted by Gasteiger charge is 2.16. The number of hydrogen-bond donors (Lipinski definition) is 0. The molecule has 6 heteroatoms. The van der Waals surface area contributed by atoms with Gasteiger partial charge in [0, 0.05) is 7.05 Å². The highest BCUT2D eigenvalue weighted by atomic mass is 32.2. The van der Waals surface area contributed by atoms with Gasteiger partial charge in [-0.1, -0.05) is 0 Å². The topological polar surface area (TPSA) is 61.0 Å². The number of thioether (sulfide) groups is 1. The Bertz CT molecular complexity index is 283. The average molecular weight is 173 g/mol. The van der Waals surface area contributed by atoms with Crippen LogP contribution in [0.1, 0.15) is 0 Å². The van der Waals surface area contributed by atoms with Crippen LogP contribution in [0.4, 0.5) is 5.69 Å². The van der Waals surface area contributed by atoms with Gasteiger partial charge in [-0.3, -0.25) is 14.8 Å². The molecule has 0 unspecified atom stereocenters. The average Bonchev–Trinajstić information content (AvgIpc) is 2.30. The summed E-state index contributed by atoms with van der Waals surface area (Å²) in [6, 6.07) is 0. The van der Waals surface area contributed by atoms with Crippen LogP contribution in [0.2, 0.25) is 0 Å². The number of aryl methyl sites for hydroxylation is 1. The quantitative estimate of drug-likeness (QED) is 0.381. The van der Waals surface area contributed by atoms with Crippen molar-refractivity contribution < 1.29 is 4.92 Å². The molecule has 0 aliphatic rings. The van der Waals surface area contributed by atoms with Crippen LogP contribution in [-0.4, -0.2) is 21.0 Å². The highest BCUT2D eigenvalue weighted by molar-refractivity contribution is 7.98. The van der Waals surface area contributed by atoms with Crippen molar-refractivity contribution in [1.29, 1.82) is 0 Å². The smallest absolute Gasteiger partial charge is 0.258 e. The van der Waals surface area contributed by atoms with Gasteiger partial charge in [-0.25, -0.2) is 0 Å². The predicted molar refractivity (Wildman–Crippen MR) is 41.6 cm³/mol. The van der Waals surface area contributed by atoms with E-state index in [1.165, 1.54) is 22.6 Å². The Morgan fingerprint density at radius 1 is 1.82 bits per heavy atom. The largest absolute Gasteiger partial charge is 0.320 e. The van der Waals surface area contributed by atoms with Crippen molar-refractivity contribution in [3.8, 4) is 0 Å². The van der Waals surface area contributed by atoms with Gasteiger partial charge in [-0.15, -0.1) is 11.8 Å². The number of rotatable bonds is 2. The summed E-state index contributed by atoms with van der Waals surface area (Å²) in [5.74, 6) is 0. The predicted octanol–water partition coefficient (Wildman–Crippen LogP) is 1.05. The second-order valence-electron chi connectivity index (χ2n) is 1.92. The minimum Gasteiger partial charge on any atom is -0.258 e. The number of aromatic nitrogens is 2. The zero-order chi connectivity index (χ0) is 8.43. The van der Waals surface area contributed by atoms with Gasteiger partial charge in [0.1, 0.15) is 6.20 Å². The Kier molecular flexibility index (Phi) is 2.13. The molecule has 0 bridgehead atoms. The van der Waals surface area contributed by atoms with Crippen molar-refractivity contribution in [2.45, 2.75) is 5.03 Å². The Labute approximate surface area is 67.5 Å². The van der Waals surface area contributed by atoms with Crippen molar-refractivity contribution in [2.75, 3.05) is 6.26 Å². The molecule has 0 atom stereocenters. The molecular weight excluding hydrogens is 166 g/mol. The molecule has 0 spiro atoms. The Morgan fingerprint density at radius 3 is 2.82 bits per heavy atom. The van der Waals surface area contributed by atoms with Crippen LogP contribution >= 0.6 is 11.8 Å². The Hall–Kier alpha value is -1.04. The van der Waals surface area contributed by atoms with E-state index < -0.39 is 4.92 Å². The lowest BCUT2D eigenvalue weighted by Gasteiger charge is -1.93. The molecule has 0 aliphatic carbocycles. The zero-order valence-electron chi connectivity index (χ0n) is 6.14. The summed E-state index contributed by atoms with van der Waals surface area (Å²) in [5.41, 5.74) is 0.0694. The first kappa shape index (κ1) is 8.06. The zero-order valence-corrected chi connectivity index (χ0v) is 6.96. The molecule has 11 heavy (non-hydrogen) atoms. The number of hydrogen-bond acceptors (Lipinski definition) is 4. The molecule has 0 amide bonds. The molecule has 0 N–H and O–H groups in total. The fourth-order valence-electron chi connectivity index (χ4n) is 0.777. The van der Waals surface area contributed by atoms with Crippen LogP contribution in [0.5, 0.6) is 0 Å². The summed E-state index contributed by atoms with van der Waals surface area (Å²) in [5, 5.41) is 14.7. The SMILES string of the molecule is CSc1c([N+](=O)[O-])cnn1C. The molecule has 1 aromatic rings. The van der Waals surface area contributed by atoms with E-state index in [1.807, 2.05) is 0 Å². The van der Waals surface area contributed by atoms with E-state index in [0.717, 1.165) is 0 Å². The van der Waals surface area contributed by atoms with Crippen LogP contribution in [0.25, 0.3) is 0 Å². The second kappa shape index (κ2) is 2.91. The minimum atomic E-state index is -0.432. The van der Waals surface area contributed by atoms with Crippen LogP contribution < -0.4 is 0 Å². The van der Waals surface area contributed by atoms with Gasteiger partial charge in [0.2, 0.25) is 0 Å². The molecule has 1 heterocycles. The summed E-state index contributed by atoms with van der Waals surface area (Å²) >= 11 is 1.32. The van der Waals surface area contributed by atoms with E-state index in [1.54, 1.807) is 13.3 Å². The van der Waals surface area contributed by atoms with Crippen LogP contribution in [0, 0.1) is 10.1 Å². The van der Waals surface area contributed by atoms with E-state index >= 15 is 0 Å². The van der Waals surface area contributed by atoms with E-state index in [4.69, 9.17) is 0 Å². The number of nitro groups is 1. The molecule has 5 nitrogen and oxygen atoms in total. The van der Waals surface area contributed by atoms with E-state index in [2.05, 4.69) is 5.10 Å². The second-order valence-corrected chi connectivity index (χ2v) is 2.71. The Morgan fingerprint density at radius 2 is 2.45 bits per heavy atom. The van der Waals surface area contributed by atoms with Crippen molar-refractivity contribution in [3.05, 3.63) is 16.3 Å². The molecule has 1 rings (SSSR count). The molecule has 60 valence electrons. The van der Waals surface area contributed by atoms with Gasteiger partial charge in [-0.2, -0.15) is 5.10 Å². The maximum absolute atomic E-state index is 10.3. The first-order valence-electron chi connectivity index (χ1n) is 2.87. The van der Waals surface area contributed by atoms with Gasteiger partial charge in [0.25, 0.3) is 0 Å². The van der Waals surface area contributed by atoms with Gasteiger partial charge in [0.15, 0.2) is 5.03 Å². The fourth-order valence-corrected chi connectivity index (χ4v) is 1.42.